The first-order valence-corrected chi connectivity index (χ1v) is 11.4. The Labute approximate surface area is 210 Å². The molecule has 1 aromatic carbocycles. The van der Waals surface area contributed by atoms with Crippen molar-refractivity contribution >= 4 is 34.6 Å². The molecule has 0 fully saturated rings. The molecule has 14 heteroatoms. The van der Waals surface area contributed by atoms with Crippen LogP contribution in [0.2, 0.25) is 0 Å². The van der Waals surface area contributed by atoms with Crippen LogP contribution in [-0.4, -0.2) is 38.6 Å². The zero-order valence-corrected chi connectivity index (χ0v) is 19.7. The molecule has 192 valence electrons. The van der Waals surface area contributed by atoms with Gasteiger partial charge in [-0.3, -0.25) is 14.4 Å². The number of ketones is 1. The summed E-state index contributed by atoms with van der Waals surface area (Å²) in [5.41, 5.74) is 0.196. The van der Waals surface area contributed by atoms with Crippen LogP contribution in [0.4, 0.5) is 17.6 Å². The zero-order chi connectivity index (χ0) is 26.7. The molecule has 0 atom stereocenters. The van der Waals surface area contributed by atoms with E-state index >= 15 is 0 Å². The average Bonchev–Trinajstić information content (AvgIpc) is 3.51. The molecule has 3 heterocycles. The minimum Gasteiger partial charge on any atom is -0.403 e. The largest absolute Gasteiger partial charge is 0.573 e. The molecule has 0 unspecified atom stereocenters. The number of carbonyl (C=O) groups excluding carboxylic acids is 3. The molecule has 0 saturated heterocycles. The average molecular weight is 535 g/mol. The maximum atomic E-state index is 13.6. The fraction of sp³-hybridized carbons (Fsp3) is 0.174. The topological polar surface area (TPSA) is 115 Å². The van der Waals surface area contributed by atoms with Crippen molar-refractivity contribution in [3.8, 4) is 5.75 Å². The summed E-state index contributed by atoms with van der Waals surface area (Å²) in [6.07, 6.45) is -3.69. The van der Waals surface area contributed by atoms with Crippen LogP contribution >= 0.6 is 11.3 Å². The number of hydrogen-bond acceptors (Lipinski definition) is 7. The Morgan fingerprint density at radius 3 is 2.49 bits per heavy atom. The molecule has 0 saturated carbocycles. The molecule has 2 amide bonds. The predicted octanol–water partition coefficient (Wildman–Crippen LogP) is 3.89. The van der Waals surface area contributed by atoms with E-state index in [1.807, 2.05) is 0 Å². The predicted molar refractivity (Wildman–Crippen MR) is 123 cm³/mol. The number of alkyl halides is 3. The van der Waals surface area contributed by atoms with Crippen molar-refractivity contribution in [3.05, 3.63) is 81.2 Å². The summed E-state index contributed by atoms with van der Waals surface area (Å²) in [6, 6.07) is 8.86. The smallest absolute Gasteiger partial charge is 0.403 e. The number of rotatable bonds is 8. The van der Waals surface area contributed by atoms with Gasteiger partial charge in [-0.2, -0.15) is 5.10 Å². The number of thiophene rings is 1. The fourth-order valence-electron chi connectivity index (χ4n) is 3.24. The molecule has 4 aromatic rings. The lowest BCUT2D eigenvalue weighted by Crippen LogP contribution is -2.28. The van der Waals surface area contributed by atoms with Gasteiger partial charge in [0.2, 0.25) is 0 Å². The van der Waals surface area contributed by atoms with Crippen molar-refractivity contribution in [2.45, 2.75) is 26.4 Å². The highest BCUT2D eigenvalue weighted by Crippen LogP contribution is 2.26. The Morgan fingerprint density at radius 2 is 1.78 bits per heavy atom. The van der Waals surface area contributed by atoms with Gasteiger partial charge >= 0.3 is 6.36 Å². The van der Waals surface area contributed by atoms with Gasteiger partial charge < -0.3 is 15.4 Å². The number of amides is 2. The SMILES string of the molecule is CC(=O)c1ccc(CNC(=O)c2cc(C(=O)NCc3ccc(F)c(OC(F)(F)F)c3)nc3ccnn23)s1. The monoisotopic (exact) mass is 535 g/mol. The second-order valence-electron chi connectivity index (χ2n) is 7.63. The molecule has 2 N–H and O–H groups in total. The first-order valence-electron chi connectivity index (χ1n) is 10.5. The lowest BCUT2D eigenvalue weighted by Gasteiger charge is -2.12. The minimum atomic E-state index is -5.08. The van der Waals surface area contributed by atoms with Crippen molar-refractivity contribution in [2.24, 2.45) is 0 Å². The van der Waals surface area contributed by atoms with E-state index in [0.717, 1.165) is 17.0 Å². The highest BCUT2D eigenvalue weighted by Gasteiger charge is 2.32. The van der Waals surface area contributed by atoms with Crippen LogP contribution in [0.1, 0.15) is 48.0 Å². The summed E-state index contributed by atoms with van der Waals surface area (Å²) in [5, 5.41) is 9.21. The zero-order valence-electron chi connectivity index (χ0n) is 18.9. The van der Waals surface area contributed by atoms with Gasteiger partial charge in [-0.15, -0.1) is 24.5 Å². The van der Waals surface area contributed by atoms with Crippen LogP contribution in [-0.2, 0) is 13.1 Å². The summed E-state index contributed by atoms with van der Waals surface area (Å²) in [7, 11) is 0. The maximum absolute atomic E-state index is 13.6. The molecule has 4 rings (SSSR count). The number of Topliss-reactive ketones (excluding diaryl/α,β-unsaturated/α-hetero) is 1. The van der Waals surface area contributed by atoms with Crippen LogP contribution in [0, 0.1) is 5.82 Å². The highest BCUT2D eigenvalue weighted by molar-refractivity contribution is 7.14. The number of nitrogens with zero attached hydrogens (tertiary/aromatic N) is 3. The van der Waals surface area contributed by atoms with Gasteiger partial charge in [0, 0.05) is 23.6 Å². The standard InChI is InChI=1S/C23H17F4N5O4S/c1-12(33)19-5-3-14(37-19)11-29-22(35)17-9-16(31-20-6-7-30-32(17)20)21(34)28-10-13-2-4-15(24)18(8-13)36-23(25,26)27/h2-9H,10-11H2,1H3,(H,28,34)(H,29,35). The Kier molecular flexibility index (Phi) is 7.20. The van der Waals surface area contributed by atoms with Crippen LogP contribution in [0.5, 0.6) is 5.75 Å². The van der Waals surface area contributed by atoms with E-state index in [1.165, 1.54) is 47.2 Å². The Bertz CT molecular complexity index is 1500. The number of benzene rings is 1. The maximum Gasteiger partial charge on any atom is 0.573 e. The summed E-state index contributed by atoms with van der Waals surface area (Å²) in [5.74, 6) is -3.62. The summed E-state index contributed by atoms with van der Waals surface area (Å²) in [6.45, 7) is 1.31. The first kappa shape index (κ1) is 25.8. The molecule has 0 radical (unpaired) electrons. The lowest BCUT2D eigenvalue weighted by molar-refractivity contribution is -0.275. The molecule has 0 aliphatic carbocycles. The molecule has 0 aliphatic heterocycles. The van der Waals surface area contributed by atoms with E-state index in [2.05, 4.69) is 25.5 Å². The molecular formula is C23H17F4N5O4S. The van der Waals surface area contributed by atoms with Crippen LogP contribution < -0.4 is 15.4 Å². The van der Waals surface area contributed by atoms with E-state index in [-0.39, 0.29) is 41.5 Å². The van der Waals surface area contributed by atoms with E-state index in [9.17, 15) is 31.9 Å². The molecule has 3 aromatic heterocycles. The third kappa shape index (κ3) is 6.27. The number of carbonyl (C=O) groups is 3. The van der Waals surface area contributed by atoms with Gasteiger partial charge in [-0.05, 0) is 36.8 Å². The quantitative estimate of drug-likeness (QED) is 0.261. The highest BCUT2D eigenvalue weighted by atomic mass is 32.1. The second kappa shape index (κ2) is 10.3. The first-order chi connectivity index (χ1) is 17.5. The molecule has 0 bridgehead atoms. The Balaban J connectivity index is 1.48. The summed E-state index contributed by atoms with van der Waals surface area (Å²) < 4.78 is 55.9. The number of halogens is 4. The van der Waals surface area contributed by atoms with Crippen molar-refractivity contribution < 1.29 is 36.7 Å². The normalized spacial score (nSPS) is 11.4. The Morgan fingerprint density at radius 1 is 1.03 bits per heavy atom. The van der Waals surface area contributed by atoms with Gasteiger partial charge in [0.25, 0.3) is 11.8 Å². The number of aromatic nitrogens is 3. The van der Waals surface area contributed by atoms with Gasteiger partial charge in [0.1, 0.15) is 11.4 Å². The lowest BCUT2D eigenvalue weighted by atomic mass is 10.2. The van der Waals surface area contributed by atoms with Gasteiger partial charge in [-0.25, -0.2) is 13.9 Å². The third-order valence-corrected chi connectivity index (χ3v) is 6.12. The number of nitrogens with one attached hydrogen (secondary N) is 2. The number of ether oxygens (including phenoxy) is 1. The Hall–Kier alpha value is -4.33. The van der Waals surface area contributed by atoms with Crippen molar-refractivity contribution in [1.29, 1.82) is 0 Å². The van der Waals surface area contributed by atoms with Crippen molar-refractivity contribution in [1.82, 2.24) is 25.2 Å². The second-order valence-corrected chi connectivity index (χ2v) is 8.80. The minimum absolute atomic E-state index is 0.00569. The summed E-state index contributed by atoms with van der Waals surface area (Å²) in [4.78, 5) is 42.5. The van der Waals surface area contributed by atoms with Gasteiger partial charge in [-0.1, -0.05) is 6.07 Å². The van der Waals surface area contributed by atoms with Gasteiger partial charge in [0.15, 0.2) is 23.0 Å². The van der Waals surface area contributed by atoms with E-state index in [4.69, 9.17) is 0 Å². The molecule has 9 nitrogen and oxygen atoms in total. The van der Waals surface area contributed by atoms with Crippen molar-refractivity contribution in [3.63, 3.8) is 0 Å². The van der Waals surface area contributed by atoms with Gasteiger partial charge in [0.05, 0.1) is 17.6 Å². The van der Waals surface area contributed by atoms with Crippen LogP contribution in [0.15, 0.2) is 48.7 Å². The van der Waals surface area contributed by atoms with Crippen LogP contribution in [0.3, 0.4) is 0 Å². The molecule has 0 spiro atoms. The van der Waals surface area contributed by atoms with Crippen LogP contribution in [0.25, 0.3) is 5.65 Å². The number of hydrogen-bond donors (Lipinski definition) is 2. The molecule has 0 aliphatic rings. The van der Waals surface area contributed by atoms with E-state index in [1.54, 1.807) is 12.1 Å². The summed E-state index contributed by atoms with van der Waals surface area (Å²) >= 11 is 1.24. The number of fused-ring (bicyclic) bond motifs is 1. The third-order valence-electron chi connectivity index (χ3n) is 4.93. The molecule has 37 heavy (non-hydrogen) atoms. The fourth-order valence-corrected chi connectivity index (χ4v) is 4.09. The van der Waals surface area contributed by atoms with Crippen molar-refractivity contribution in [2.75, 3.05) is 0 Å². The van der Waals surface area contributed by atoms with E-state index in [0.29, 0.717) is 4.88 Å². The molecular weight excluding hydrogens is 518 g/mol. The van der Waals surface area contributed by atoms with E-state index < -0.39 is 29.7 Å².